The van der Waals surface area contributed by atoms with Gasteiger partial charge in [-0.05, 0) is 50.6 Å². The van der Waals surface area contributed by atoms with Crippen molar-refractivity contribution in [1.29, 1.82) is 0 Å². The molecule has 3 heterocycles. The van der Waals surface area contributed by atoms with Crippen LogP contribution in [0.25, 0.3) is 27.6 Å². The van der Waals surface area contributed by atoms with E-state index in [1.54, 1.807) is 31.1 Å². The Kier molecular flexibility index (Phi) is 6.11. The lowest BCUT2D eigenvalue weighted by Gasteiger charge is -2.16. The van der Waals surface area contributed by atoms with E-state index in [1.807, 2.05) is 45.0 Å². The minimum Gasteiger partial charge on any atom is -0.496 e. The van der Waals surface area contributed by atoms with Gasteiger partial charge >= 0.3 is 5.76 Å². The SMILES string of the molecule is CN=C(C)C(=C(C)C)c1cc2nc(CO)c3oc(=O)n(Cc4ccncc4)c3c2cc1OC. The van der Waals surface area contributed by atoms with Gasteiger partial charge in [0.2, 0.25) is 0 Å². The summed E-state index contributed by atoms with van der Waals surface area (Å²) in [6.07, 6.45) is 3.35. The summed E-state index contributed by atoms with van der Waals surface area (Å²) >= 11 is 0. The van der Waals surface area contributed by atoms with Gasteiger partial charge in [-0.1, -0.05) is 5.57 Å². The standard InChI is InChI=1S/C25H26N4O4/c1-14(2)22(15(3)26-4)18-10-19-17(11-21(18)32-5)23-24(20(13-30)28-19)33-25(31)29(23)12-16-6-8-27-9-7-16/h6-11,30H,12-13H2,1-5H3. The van der Waals surface area contributed by atoms with Crippen LogP contribution in [0.2, 0.25) is 0 Å². The Bertz CT molecular complexity index is 1460. The Hall–Kier alpha value is -3.78. The third-order valence-corrected chi connectivity index (χ3v) is 5.69. The first kappa shape index (κ1) is 22.4. The number of oxazole rings is 1. The van der Waals surface area contributed by atoms with E-state index in [9.17, 15) is 9.90 Å². The Morgan fingerprint density at radius 2 is 1.94 bits per heavy atom. The number of methoxy groups -OCH3 is 1. The lowest BCUT2D eigenvalue weighted by atomic mass is 9.95. The fourth-order valence-corrected chi connectivity index (χ4v) is 4.14. The van der Waals surface area contributed by atoms with E-state index in [1.165, 1.54) is 0 Å². The molecule has 0 saturated carbocycles. The number of hydrogen-bond acceptors (Lipinski definition) is 7. The van der Waals surface area contributed by atoms with Gasteiger partial charge in [-0.2, -0.15) is 0 Å². The van der Waals surface area contributed by atoms with Gasteiger partial charge in [-0.15, -0.1) is 0 Å². The molecule has 4 aromatic rings. The zero-order valence-electron chi connectivity index (χ0n) is 19.3. The lowest BCUT2D eigenvalue weighted by Crippen LogP contribution is -2.15. The van der Waals surface area contributed by atoms with Gasteiger partial charge in [-0.25, -0.2) is 9.78 Å². The zero-order valence-corrected chi connectivity index (χ0v) is 19.3. The Morgan fingerprint density at radius 3 is 2.55 bits per heavy atom. The Morgan fingerprint density at radius 1 is 1.21 bits per heavy atom. The van der Waals surface area contributed by atoms with E-state index in [0.29, 0.717) is 34.4 Å². The number of aromatic nitrogens is 3. The van der Waals surface area contributed by atoms with Crippen LogP contribution in [-0.2, 0) is 13.2 Å². The second kappa shape index (κ2) is 8.99. The maximum absolute atomic E-state index is 12.8. The molecular formula is C25H26N4O4. The summed E-state index contributed by atoms with van der Waals surface area (Å²) < 4.78 is 12.9. The quantitative estimate of drug-likeness (QED) is 0.450. The molecule has 0 aliphatic carbocycles. The molecule has 0 amide bonds. The minimum absolute atomic E-state index is 0.271. The number of nitrogens with zero attached hydrogens (tertiary/aromatic N) is 4. The zero-order chi connectivity index (χ0) is 23.7. The number of hydrogen-bond donors (Lipinski definition) is 1. The predicted molar refractivity (Wildman–Crippen MR) is 129 cm³/mol. The molecular weight excluding hydrogens is 420 g/mol. The molecule has 0 unspecified atom stereocenters. The van der Waals surface area contributed by atoms with E-state index < -0.39 is 5.76 Å². The van der Waals surface area contributed by atoms with Gasteiger partial charge in [0, 0.05) is 41.7 Å². The molecule has 8 nitrogen and oxygen atoms in total. The van der Waals surface area contributed by atoms with Gasteiger partial charge in [0.25, 0.3) is 0 Å². The molecule has 3 aromatic heterocycles. The van der Waals surface area contributed by atoms with Crippen LogP contribution in [0.5, 0.6) is 5.75 Å². The second-order valence-electron chi connectivity index (χ2n) is 7.96. The minimum atomic E-state index is -0.521. The average molecular weight is 447 g/mol. The molecule has 0 radical (unpaired) electrons. The molecule has 0 atom stereocenters. The molecule has 4 rings (SSSR count). The van der Waals surface area contributed by atoms with E-state index >= 15 is 0 Å². The van der Waals surface area contributed by atoms with Crippen LogP contribution in [-0.4, -0.2) is 39.5 Å². The second-order valence-corrected chi connectivity index (χ2v) is 7.96. The topological polar surface area (TPSA) is 103 Å². The highest BCUT2D eigenvalue weighted by Gasteiger charge is 2.22. The number of allylic oxidation sites excluding steroid dienone is 2. The van der Waals surface area contributed by atoms with E-state index in [2.05, 4.69) is 15.0 Å². The molecule has 0 bridgehead atoms. The summed E-state index contributed by atoms with van der Waals surface area (Å²) in [4.78, 5) is 25.8. The highest BCUT2D eigenvalue weighted by Crippen LogP contribution is 2.36. The van der Waals surface area contributed by atoms with Crippen LogP contribution in [0.1, 0.15) is 37.6 Å². The maximum atomic E-state index is 12.8. The summed E-state index contributed by atoms with van der Waals surface area (Å²) in [5, 5.41) is 10.7. The maximum Gasteiger partial charge on any atom is 0.420 e. The van der Waals surface area contributed by atoms with Crippen molar-refractivity contribution in [2.24, 2.45) is 4.99 Å². The van der Waals surface area contributed by atoms with Crippen molar-refractivity contribution in [1.82, 2.24) is 14.5 Å². The number of rotatable bonds is 6. The molecule has 1 N–H and O–H groups in total. The molecule has 0 spiro atoms. The molecule has 0 aliphatic heterocycles. The van der Waals surface area contributed by atoms with Gasteiger partial charge in [0.1, 0.15) is 17.0 Å². The summed E-state index contributed by atoms with van der Waals surface area (Å²) in [5.74, 6) is 0.110. The molecule has 33 heavy (non-hydrogen) atoms. The first-order chi connectivity index (χ1) is 15.9. The number of aliphatic hydroxyl groups excluding tert-OH is 1. The number of aliphatic imine (C=N–C) groups is 1. The third-order valence-electron chi connectivity index (χ3n) is 5.69. The first-order valence-corrected chi connectivity index (χ1v) is 10.5. The van der Waals surface area contributed by atoms with Crippen LogP contribution >= 0.6 is 0 Å². The first-order valence-electron chi connectivity index (χ1n) is 10.5. The van der Waals surface area contributed by atoms with Crippen molar-refractivity contribution in [3.63, 3.8) is 0 Å². The van der Waals surface area contributed by atoms with Crippen LogP contribution in [0, 0.1) is 0 Å². The predicted octanol–water partition coefficient (Wildman–Crippen LogP) is 3.97. The normalized spacial score (nSPS) is 11.9. The summed E-state index contributed by atoms with van der Waals surface area (Å²) in [5.41, 5.74) is 6.41. The molecule has 8 heteroatoms. The van der Waals surface area contributed by atoms with E-state index in [0.717, 1.165) is 28.0 Å². The van der Waals surface area contributed by atoms with E-state index in [4.69, 9.17) is 9.15 Å². The largest absolute Gasteiger partial charge is 0.496 e. The number of ether oxygens (including phenoxy) is 1. The van der Waals surface area contributed by atoms with Gasteiger partial charge in [0.15, 0.2) is 5.58 Å². The fourth-order valence-electron chi connectivity index (χ4n) is 4.14. The van der Waals surface area contributed by atoms with Crippen LogP contribution in [0.3, 0.4) is 0 Å². The van der Waals surface area contributed by atoms with Crippen LogP contribution in [0.15, 0.2) is 56.4 Å². The summed E-state index contributed by atoms with van der Waals surface area (Å²) in [6.45, 7) is 5.92. The Balaban J connectivity index is 2.09. The molecule has 0 fully saturated rings. The summed E-state index contributed by atoms with van der Waals surface area (Å²) in [6, 6.07) is 7.46. The van der Waals surface area contributed by atoms with Crippen molar-refractivity contribution >= 4 is 33.3 Å². The highest BCUT2D eigenvalue weighted by molar-refractivity contribution is 6.24. The van der Waals surface area contributed by atoms with E-state index in [-0.39, 0.29) is 12.2 Å². The number of pyridine rings is 2. The van der Waals surface area contributed by atoms with Crippen molar-refractivity contribution in [2.75, 3.05) is 14.2 Å². The number of aliphatic hydroxyl groups is 1. The third kappa shape index (κ3) is 3.93. The number of fused-ring (bicyclic) bond motifs is 3. The molecule has 0 aliphatic rings. The van der Waals surface area contributed by atoms with Crippen molar-refractivity contribution in [3.05, 3.63) is 69.6 Å². The van der Waals surface area contributed by atoms with Crippen LogP contribution < -0.4 is 10.5 Å². The van der Waals surface area contributed by atoms with Crippen molar-refractivity contribution < 1.29 is 14.3 Å². The summed E-state index contributed by atoms with van der Waals surface area (Å²) in [7, 11) is 3.36. The average Bonchev–Trinajstić information content (AvgIpc) is 3.14. The molecule has 0 saturated heterocycles. The fraction of sp³-hybridized carbons (Fsp3) is 0.280. The van der Waals surface area contributed by atoms with Crippen LogP contribution in [0.4, 0.5) is 0 Å². The highest BCUT2D eigenvalue weighted by atomic mass is 16.5. The van der Waals surface area contributed by atoms with Gasteiger partial charge < -0.3 is 14.3 Å². The van der Waals surface area contributed by atoms with Crippen molar-refractivity contribution in [2.45, 2.75) is 33.9 Å². The lowest BCUT2D eigenvalue weighted by molar-refractivity contribution is 0.277. The number of benzene rings is 1. The molecule has 1 aromatic carbocycles. The monoisotopic (exact) mass is 446 g/mol. The Labute approximate surface area is 190 Å². The van der Waals surface area contributed by atoms with Gasteiger partial charge in [-0.3, -0.25) is 14.5 Å². The van der Waals surface area contributed by atoms with Crippen molar-refractivity contribution in [3.8, 4) is 5.75 Å². The molecule has 170 valence electrons. The van der Waals surface area contributed by atoms with Gasteiger partial charge in [0.05, 0.1) is 25.8 Å². The smallest absolute Gasteiger partial charge is 0.420 e.